The summed E-state index contributed by atoms with van der Waals surface area (Å²) in [6.45, 7) is 3.35. The average Bonchev–Trinajstić information content (AvgIpc) is 3.19. The highest BCUT2D eigenvalue weighted by Gasteiger charge is 2.45. The third-order valence-electron chi connectivity index (χ3n) is 6.05. The average molecular weight is 409 g/mol. The number of piperidine rings is 1. The van der Waals surface area contributed by atoms with E-state index in [1.54, 1.807) is 18.5 Å². The van der Waals surface area contributed by atoms with Crippen molar-refractivity contribution in [2.75, 3.05) is 23.7 Å². The van der Waals surface area contributed by atoms with Gasteiger partial charge in [0.15, 0.2) is 0 Å². The quantitative estimate of drug-likeness (QED) is 0.805. The van der Waals surface area contributed by atoms with Gasteiger partial charge in [0.1, 0.15) is 6.10 Å². The van der Waals surface area contributed by atoms with E-state index in [1.807, 2.05) is 35.2 Å². The zero-order chi connectivity index (χ0) is 21.0. The SMILES string of the molecule is CCc1ccc(NC(=O)N2CCC3(CC[C@@H](C(=O)Nc4cccnc4)O3)CC2)cc1. The highest BCUT2D eigenvalue weighted by molar-refractivity contribution is 5.94. The number of hydrogen-bond donors (Lipinski definition) is 2. The zero-order valence-electron chi connectivity index (χ0n) is 17.3. The summed E-state index contributed by atoms with van der Waals surface area (Å²) in [5, 5.41) is 5.84. The number of pyridine rings is 1. The smallest absolute Gasteiger partial charge is 0.321 e. The molecule has 0 bridgehead atoms. The maximum atomic E-state index is 12.6. The molecule has 0 radical (unpaired) electrons. The van der Waals surface area contributed by atoms with Crippen LogP contribution in [0.5, 0.6) is 0 Å². The lowest BCUT2D eigenvalue weighted by molar-refractivity contribution is -0.134. The summed E-state index contributed by atoms with van der Waals surface area (Å²) < 4.78 is 6.20. The van der Waals surface area contributed by atoms with Crippen molar-refractivity contribution in [3.8, 4) is 0 Å². The summed E-state index contributed by atoms with van der Waals surface area (Å²) in [6.07, 6.45) is 6.83. The first kappa shape index (κ1) is 20.3. The second-order valence-corrected chi connectivity index (χ2v) is 8.03. The molecule has 158 valence electrons. The molecule has 0 aliphatic carbocycles. The normalized spacial score (nSPS) is 20.2. The molecule has 2 aromatic rings. The van der Waals surface area contributed by atoms with Gasteiger partial charge in [0.2, 0.25) is 0 Å². The molecule has 2 saturated heterocycles. The van der Waals surface area contributed by atoms with Gasteiger partial charge in [-0.25, -0.2) is 4.79 Å². The maximum absolute atomic E-state index is 12.6. The Labute approximate surface area is 176 Å². The van der Waals surface area contributed by atoms with Crippen LogP contribution in [0.15, 0.2) is 48.8 Å². The van der Waals surface area contributed by atoms with Crippen LogP contribution >= 0.6 is 0 Å². The first-order valence-electron chi connectivity index (χ1n) is 10.6. The minimum atomic E-state index is -0.456. The molecule has 1 aromatic carbocycles. The minimum Gasteiger partial charge on any atom is -0.362 e. The fourth-order valence-corrected chi connectivity index (χ4v) is 4.17. The number of nitrogens with one attached hydrogen (secondary N) is 2. The fraction of sp³-hybridized carbons (Fsp3) is 0.435. The highest BCUT2D eigenvalue weighted by atomic mass is 16.5. The number of urea groups is 1. The van der Waals surface area contributed by atoms with Gasteiger partial charge >= 0.3 is 6.03 Å². The number of carbonyl (C=O) groups excluding carboxylic acids is 2. The van der Waals surface area contributed by atoms with E-state index >= 15 is 0 Å². The van der Waals surface area contributed by atoms with E-state index in [1.165, 1.54) is 5.56 Å². The molecule has 7 heteroatoms. The lowest BCUT2D eigenvalue weighted by Crippen LogP contribution is -2.48. The second kappa shape index (κ2) is 8.83. The molecule has 30 heavy (non-hydrogen) atoms. The van der Waals surface area contributed by atoms with Crippen LogP contribution in [0.1, 0.15) is 38.2 Å². The number of aryl methyl sites for hydroxylation is 1. The molecule has 0 saturated carbocycles. The maximum Gasteiger partial charge on any atom is 0.321 e. The predicted octanol–water partition coefficient (Wildman–Crippen LogP) is 3.83. The first-order valence-corrected chi connectivity index (χ1v) is 10.6. The van der Waals surface area contributed by atoms with Gasteiger partial charge in [0.25, 0.3) is 5.91 Å². The molecule has 1 aromatic heterocycles. The number of aromatic nitrogens is 1. The fourth-order valence-electron chi connectivity index (χ4n) is 4.17. The number of benzene rings is 1. The lowest BCUT2D eigenvalue weighted by atomic mass is 9.88. The summed E-state index contributed by atoms with van der Waals surface area (Å²) in [6, 6.07) is 11.4. The first-order chi connectivity index (χ1) is 14.6. The second-order valence-electron chi connectivity index (χ2n) is 8.03. The molecule has 2 aliphatic heterocycles. The van der Waals surface area contributed by atoms with E-state index < -0.39 is 6.10 Å². The molecule has 2 aliphatic rings. The largest absolute Gasteiger partial charge is 0.362 e. The van der Waals surface area contributed by atoms with E-state index in [0.717, 1.165) is 31.4 Å². The summed E-state index contributed by atoms with van der Waals surface area (Å²) in [7, 11) is 0. The molecule has 4 rings (SSSR count). The van der Waals surface area contributed by atoms with Crippen molar-refractivity contribution in [2.45, 2.75) is 50.7 Å². The van der Waals surface area contributed by atoms with E-state index in [4.69, 9.17) is 4.74 Å². The number of likely N-dealkylation sites (tertiary alicyclic amines) is 1. The van der Waals surface area contributed by atoms with E-state index in [9.17, 15) is 9.59 Å². The molecule has 0 unspecified atom stereocenters. The number of amides is 3. The Morgan fingerprint density at radius 2 is 1.87 bits per heavy atom. The highest BCUT2D eigenvalue weighted by Crippen LogP contribution is 2.39. The summed E-state index contributed by atoms with van der Waals surface area (Å²) in [4.78, 5) is 31.0. The number of carbonyl (C=O) groups is 2. The summed E-state index contributed by atoms with van der Waals surface area (Å²) in [5.41, 5.74) is 2.41. The molecular formula is C23H28N4O3. The van der Waals surface area contributed by atoms with Crippen LogP contribution in [-0.4, -0.2) is 46.6 Å². The number of ether oxygens (including phenoxy) is 1. The van der Waals surface area contributed by atoms with Gasteiger partial charge in [-0.3, -0.25) is 9.78 Å². The van der Waals surface area contributed by atoms with Gasteiger partial charge in [-0.2, -0.15) is 0 Å². The molecule has 1 atom stereocenters. The Kier molecular flexibility index (Phi) is 5.99. The van der Waals surface area contributed by atoms with E-state index in [-0.39, 0.29) is 17.5 Å². The number of nitrogens with zero attached hydrogens (tertiary/aromatic N) is 2. The van der Waals surface area contributed by atoms with Crippen molar-refractivity contribution in [3.63, 3.8) is 0 Å². The van der Waals surface area contributed by atoms with Crippen LogP contribution in [0.3, 0.4) is 0 Å². The summed E-state index contributed by atoms with van der Waals surface area (Å²) >= 11 is 0. The van der Waals surface area contributed by atoms with Crippen molar-refractivity contribution < 1.29 is 14.3 Å². The third kappa shape index (κ3) is 4.62. The standard InChI is InChI=1S/C23H28N4O3/c1-2-17-5-7-18(8-6-17)26-22(29)27-14-11-23(12-15-27)10-9-20(30-23)21(28)25-19-4-3-13-24-16-19/h3-8,13,16,20H,2,9-12,14-15H2,1H3,(H,25,28)(H,26,29)/t20-/m0/s1. The number of rotatable bonds is 4. The predicted molar refractivity (Wildman–Crippen MR) is 115 cm³/mol. The van der Waals surface area contributed by atoms with Gasteiger partial charge in [0, 0.05) is 25.0 Å². The Morgan fingerprint density at radius 3 is 2.53 bits per heavy atom. The monoisotopic (exact) mass is 408 g/mol. The van der Waals surface area contributed by atoms with Crippen molar-refractivity contribution in [1.29, 1.82) is 0 Å². The molecule has 3 amide bonds. The third-order valence-corrected chi connectivity index (χ3v) is 6.05. The van der Waals surface area contributed by atoms with Crippen molar-refractivity contribution in [3.05, 3.63) is 54.4 Å². The van der Waals surface area contributed by atoms with Gasteiger partial charge in [-0.15, -0.1) is 0 Å². The lowest BCUT2D eigenvalue weighted by Gasteiger charge is -2.39. The molecule has 7 nitrogen and oxygen atoms in total. The zero-order valence-corrected chi connectivity index (χ0v) is 17.3. The van der Waals surface area contributed by atoms with Crippen molar-refractivity contribution in [2.24, 2.45) is 0 Å². The van der Waals surface area contributed by atoms with Crippen LogP contribution in [0.25, 0.3) is 0 Å². The van der Waals surface area contributed by atoms with Gasteiger partial charge < -0.3 is 20.3 Å². The van der Waals surface area contributed by atoms with Crippen LogP contribution in [0.4, 0.5) is 16.2 Å². The van der Waals surface area contributed by atoms with E-state index in [2.05, 4.69) is 22.5 Å². The van der Waals surface area contributed by atoms with Crippen LogP contribution in [0.2, 0.25) is 0 Å². The van der Waals surface area contributed by atoms with Gasteiger partial charge in [-0.05, 0) is 61.9 Å². The van der Waals surface area contributed by atoms with Crippen LogP contribution in [-0.2, 0) is 16.0 Å². The van der Waals surface area contributed by atoms with Gasteiger partial charge in [0.05, 0.1) is 17.5 Å². The Morgan fingerprint density at radius 1 is 1.10 bits per heavy atom. The molecule has 2 fully saturated rings. The molecule has 3 heterocycles. The van der Waals surface area contributed by atoms with Crippen molar-refractivity contribution in [1.82, 2.24) is 9.88 Å². The Bertz CT molecular complexity index is 877. The molecule has 1 spiro atoms. The van der Waals surface area contributed by atoms with Gasteiger partial charge in [-0.1, -0.05) is 19.1 Å². The van der Waals surface area contributed by atoms with Crippen LogP contribution < -0.4 is 10.6 Å². The molecule has 2 N–H and O–H groups in total. The van der Waals surface area contributed by atoms with E-state index in [0.29, 0.717) is 25.2 Å². The number of hydrogen-bond acceptors (Lipinski definition) is 4. The number of anilines is 2. The van der Waals surface area contributed by atoms with Crippen molar-refractivity contribution >= 4 is 23.3 Å². The Balaban J connectivity index is 1.27. The molecular weight excluding hydrogens is 380 g/mol. The van der Waals surface area contributed by atoms with Crippen LogP contribution in [0, 0.1) is 0 Å². The Hall–Kier alpha value is -2.93. The minimum absolute atomic E-state index is 0.0852. The topological polar surface area (TPSA) is 83.6 Å². The summed E-state index contributed by atoms with van der Waals surface area (Å²) in [5.74, 6) is -0.129.